The van der Waals surface area contributed by atoms with Gasteiger partial charge in [0.1, 0.15) is 6.61 Å². The largest absolute Gasteiger partial charge is 0.461 e. The van der Waals surface area contributed by atoms with E-state index in [-0.39, 0.29) is 18.2 Å². The lowest BCUT2D eigenvalue weighted by Crippen LogP contribution is -2.26. The van der Waals surface area contributed by atoms with Crippen LogP contribution in [0.25, 0.3) is 0 Å². The van der Waals surface area contributed by atoms with Gasteiger partial charge in [0.2, 0.25) is 0 Å². The van der Waals surface area contributed by atoms with Crippen LogP contribution in [0.15, 0.2) is 12.7 Å². The fourth-order valence-electron chi connectivity index (χ4n) is 1.27. The minimum Gasteiger partial charge on any atom is -0.461 e. The van der Waals surface area contributed by atoms with Gasteiger partial charge < -0.3 is 9.47 Å². The Labute approximate surface area is 105 Å². The zero-order chi connectivity index (χ0) is 13.3. The van der Waals surface area contributed by atoms with Crippen molar-refractivity contribution in [2.75, 3.05) is 13.2 Å². The topological polar surface area (TPSA) is 35.5 Å². The Bertz CT molecular complexity index is 232. The van der Waals surface area contributed by atoms with E-state index in [1.807, 2.05) is 13.8 Å². The van der Waals surface area contributed by atoms with Crippen LogP contribution in [0, 0.1) is 5.92 Å². The minimum atomic E-state index is -0.262. The molecule has 0 amide bonds. The normalized spacial score (nSPS) is 11.6. The molecule has 0 unspecified atom stereocenters. The first-order valence-corrected chi connectivity index (χ1v) is 6.28. The molecule has 17 heavy (non-hydrogen) atoms. The highest BCUT2D eigenvalue weighted by atomic mass is 16.5. The molecule has 0 aliphatic heterocycles. The van der Waals surface area contributed by atoms with E-state index in [2.05, 4.69) is 20.4 Å². The van der Waals surface area contributed by atoms with Crippen LogP contribution >= 0.6 is 0 Å². The molecule has 0 fully saturated rings. The molecule has 0 N–H and O–H groups in total. The number of esters is 1. The van der Waals surface area contributed by atoms with Crippen molar-refractivity contribution in [1.82, 2.24) is 0 Å². The molecule has 3 heteroatoms. The first-order valence-electron chi connectivity index (χ1n) is 6.28. The van der Waals surface area contributed by atoms with Crippen molar-refractivity contribution >= 4 is 5.97 Å². The number of carbonyl (C=O) groups excluding carboxylic acids is 1. The van der Waals surface area contributed by atoms with E-state index in [1.165, 1.54) is 0 Å². The van der Waals surface area contributed by atoms with Crippen molar-refractivity contribution < 1.29 is 14.3 Å². The van der Waals surface area contributed by atoms with E-state index in [0.717, 1.165) is 13.0 Å². The van der Waals surface area contributed by atoms with Crippen molar-refractivity contribution in [2.45, 2.75) is 52.6 Å². The van der Waals surface area contributed by atoms with Gasteiger partial charge in [-0.3, -0.25) is 4.79 Å². The van der Waals surface area contributed by atoms with Gasteiger partial charge in [0.05, 0.1) is 5.60 Å². The summed E-state index contributed by atoms with van der Waals surface area (Å²) in [6.45, 7) is 12.9. The Morgan fingerprint density at radius 2 is 2.06 bits per heavy atom. The lowest BCUT2D eigenvalue weighted by molar-refractivity contribution is -0.144. The van der Waals surface area contributed by atoms with Gasteiger partial charge in [0.15, 0.2) is 0 Å². The van der Waals surface area contributed by atoms with E-state index in [4.69, 9.17) is 9.47 Å². The summed E-state index contributed by atoms with van der Waals surface area (Å²) < 4.78 is 10.7. The number of ether oxygens (including phenoxy) is 2. The summed E-state index contributed by atoms with van der Waals surface area (Å²) in [7, 11) is 0. The van der Waals surface area contributed by atoms with Crippen LogP contribution in [-0.2, 0) is 14.3 Å². The second-order valence-corrected chi connectivity index (χ2v) is 5.26. The standard InChI is InChI=1S/C14H26O3/c1-6-10-16-13(15)7-9-14(4,5)17-11-8-12(2)3/h6,12H,1,7-11H2,2-5H3. The van der Waals surface area contributed by atoms with Crippen LogP contribution in [0.3, 0.4) is 0 Å². The van der Waals surface area contributed by atoms with Gasteiger partial charge in [-0.25, -0.2) is 0 Å². The SMILES string of the molecule is C=CCOC(=O)CCC(C)(C)OCCC(C)C. The van der Waals surface area contributed by atoms with Crippen LogP contribution < -0.4 is 0 Å². The zero-order valence-corrected chi connectivity index (χ0v) is 11.6. The number of hydrogen-bond donors (Lipinski definition) is 0. The molecule has 0 heterocycles. The quantitative estimate of drug-likeness (QED) is 0.459. The molecule has 0 aliphatic carbocycles. The van der Waals surface area contributed by atoms with Gasteiger partial charge in [-0.2, -0.15) is 0 Å². The van der Waals surface area contributed by atoms with E-state index in [1.54, 1.807) is 6.08 Å². The predicted octanol–water partition coefficient (Wildman–Crippen LogP) is 3.34. The highest BCUT2D eigenvalue weighted by Crippen LogP contribution is 2.18. The molecule has 0 saturated carbocycles. The Kier molecular flexibility index (Phi) is 7.88. The molecule has 0 atom stereocenters. The predicted molar refractivity (Wildman–Crippen MR) is 69.9 cm³/mol. The molecule has 0 aliphatic rings. The van der Waals surface area contributed by atoms with Crippen molar-refractivity contribution in [2.24, 2.45) is 5.92 Å². The first kappa shape index (κ1) is 16.2. The molecule has 0 aromatic rings. The number of carbonyl (C=O) groups is 1. The van der Waals surface area contributed by atoms with Crippen LogP contribution in [0.2, 0.25) is 0 Å². The molecule has 0 saturated heterocycles. The maximum atomic E-state index is 11.3. The minimum absolute atomic E-state index is 0.189. The van der Waals surface area contributed by atoms with E-state index >= 15 is 0 Å². The summed E-state index contributed by atoms with van der Waals surface area (Å²) in [5.74, 6) is 0.453. The van der Waals surface area contributed by atoms with Crippen LogP contribution in [-0.4, -0.2) is 24.8 Å². The Morgan fingerprint density at radius 1 is 1.41 bits per heavy atom. The summed E-state index contributed by atoms with van der Waals surface area (Å²) in [6.07, 6.45) is 3.69. The second kappa shape index (κ2) is 8.29. The van der Waals surface area contributed by atoms with Crippen molar-refractivity contribution in [3.8, 4) is 0 Å². The van der Waals surface area contributed by atoms with E-state index < -0.39 is 0 Å². The van der Waals surface area contributed by atoms with E-state index in [0.29, 0.717) is 18.8 Å². The van der Waals surface area contributed by atoms with Gasteiger partial charge in [0.25, 0.3) is 0 Å². The zero-order valence-electron chi connectivity index (χ0n) is 11.6. The van der Waals surface area contributed by atoms with Gasteiger partial charge in [0, 0.05) is 13.0 Å². The van der Waals surface area contributed by atoms with Crippen molar-refractivity contribution in [3.05, 3.63) is 12.7 Å². The maximum absolute atomic E-state index is 11.3. The number of hydrogen-bond acceptors (Lipinski definition) is 3. The maximum Gasteiger partial charge on any atom is 0.306 e. The highest BCUT2D eigenvalue weighted by molar-refractivity contribution is 5.69. The molecule has 0 radical (unpaired) electrons. The lowest BCUT2D eigenvalue weighted by Gasteiger charge is -2.25. The van der Waals surface area contributed by atoms with Crippen LogP contribution in [0.4, 0.5) is 0 Å². The van der Waals surface area contributed by atoms with Crippen molar-refractivity contribution in [1.29, 1.82) is 0 Å². The van der Waals surface area contributed by atoms with Crippen LogP contribution in [0.5, 0.6) is 0 Å². The summed E-state index contributed by atoms with van der Waals surface area (Å²) in [4.78, 5) is 11.3. The molecule has 0 aromatic heterocycles. The molecule has 3 nitrogen and oxygen atoms in total. The Morgan fingerprint density at radius 3 is 2.59 bits per heavy atom. The van der Waals surface area contributed by atoms with Crippen molar-refractivity contribution in [3.63, 3.8) is 0 Å². The van der Waals surface area contributed by atoms with Gasteiger partial charge in [-0.1, -0.05) is 26.5 Å². The Hall–Kier alpha value is -0.830. The van der Waals surface area contributed by atoms with Crippen LogP contribution in [0.1, 0.15) is 47.0 Å². The number of rotatable bonds is 9. The van der Waals surface area contributed by atoms with E-state index in [9.17, 15) is 4.79 Å². The first-order chi connectivity index (χ1) is 7.87. The summed E-state index contributed by atoms with van der Waals surface area (Å²) in [5.41, 5.74) is -0.262. The summed E-state index contributed by atoms with van der Waals surface area (Å²) in [5, 5.41) is 0. The van der Waals surface area contributed by atoms with Gasteiger partial charge in [-0.15, -0.1) is 0 Å². The molecule has 0 bridgehead atoms. The van der Waals surface area contributed by atoms with Gasteiger partial charge >= 0.3 is 5.97 Å². The second-order valence-electron chi connectivity index (χ2n) is 5.26. The summed E-state index contributed by atoms with van der Waals surface area (Å²) in [6, 6.07) is 0. The van der Waals surface area contributed by atoms with Gasteiger partial charge in [-0.05, 0) is 32.6 Å². The Balaban J connectivity index is 3.76. The molecule has 100 valence electrons. The smallest absolute Gasteiger partial charge is 0.306 e. The average Bonchev–Trinajstić information content (AvgIpc) is 2.23. The molecular weight excluding hydrogens is 216 g/mol. The molecule has 0 rings (SSSR count). The molecule has 0 aromatic carbocycles. The third-order valence-electron chi connectivity index (χ3n) is 2.48. The lowest BCUT2D eigenvalue weighted by atomic mass is 10.0. The monoisotopic (exact) mass is 242 g/mol. The third kappa shape index (κ3) is 10.1. The highest BCUT2D eigenvalue weighted by Gasteiger charge is 2.20. The molecule has 0 spiro atoms. The fourth-order valence-corrected chi connectivity index (χ4v) is 1.27. The summed E-state index contributed by atoms with van der Waals surface area (Å²) >= 11 is 0. The molecular formula is C14H26O3. The third-order valence-corrected chi connectivity index (χ3v) is 2.48. The average molecular weight is 242 g/mol. The fraction of sp³-hybridized carbons (Fsp3) is 0.786.